The monoisotopic (exact) mass is 402 g/mol. The van der Waals surface area contributed by atoms with E-state index in [9.17, 15) is 18.0 Å². The van der Waals surface area contributed by atoms with E-state index in [2.05, 4.69) is 4.74 Å². The molecule has 0 aliphatic heterocycles. The van der Waals surface area contributed by atoms with Gasteiger partial charge < -0.3 is 14.2 Å². The lowest BCUT2D eigenvalue weighted by atomic mass is 10.1. The molecule has 0 spiro atoms. The van der Waals surface area contributed by atoms with Gasteiger partial charge in [0.25, 0.3) is 0 Å². The first-order chi connectivity index (χ1) is 13.8. The number of esters is 1. The summed E-state index contributed by atoms with van der Waals surface area (Å²) in [5.41, 5.74) is -0.150. The molecule has 0 aromatic heterocycles. The van der Waals surface area contributed by atoms with E-state index in [1.54, 1.807) is 48.5 Å². The minimum Gasteiger partial charge on any atom is -0.469 e. The van der Waals surface area contributed by atoms with Gasteiger partial charge in [-0.25, -0.2) is 0 Å². The molecule has 0 bridgehead atoms. The van der Waals surface area contributed by atoms with Gasteiger partial charge in [-0.3, -0.25) is 4.79 Å². The first-order valence-corrected chi connectivity index (χ1v) is 8.63. The first kappa shape index (κ1) is 20.3. The molecular formula is C22H17F3O4. The molecule has 3 aromatic rings. The Morgan fingerprint density at radius 1 is 0.828 bits per heavy atom. The normalized spacial score (nSPS) is 11.0. The number of carbonyl (C=O) groups is 1. The third kappa shape index (κ3) is 5.51. The average Bonchev–Trinajstić information content (AvgIpc) is 2.69. The van der Waals surface area contributed by atoms with Crippen molar-refractivity contribution in [2.24, 2.45) is 0 Å². The molecule has 3 rings (SSSR count). The molecule has 0 saturated heterocycles. The molecule has 29 heavy (non-hydrogen) atoms. The van der Waals surface area contributed by atoms with Crippen LogP contribution in [0, 0.1) is 0 Å². The molecule has 0 saturated carbocycles. The highest BCUT2D eigenvalue weighted by atomic mass is 19.4. The molecule has 0 aliphatic carbocycles. The van der Waals surface area contributed by atoms with E-state index in [0.29, 0.717) is 22.8 Å². The predicted octanol–water partition coefficient (Wildman–Crippen LogP) is 6.01. The van der Waals surface area contributed by atoms with Crippen molar-refractivity contribution in [3.8, 4) is 23.0 Å². The van der Waals surface area contributed by atoms with Gasteiger partial charge in [0.15, 0.2) is 0 Å². The van der Waals surface area contributed by atoms with Crippen LogP contribution in [0.3, 0.4) is 0 Å². The molecule has 3 aromatic carbocycles. The van der Waals surface area contributed by atoms with Gasteiger partial charge in [0, 0.05) is 11.6 Å². The Hall–Kier alpha value is -3.48. The second-order valence-corrected chi connectivity index (χ2v) is 6.07. The maximum atomic E-state index is 12.9. The van der Waals surface area contributed by atoms with Gasteiger partial charge in [-0.1, -0.05) is 30.3 Å². The molecule has 0 radical (unpaired) electrons. The molecule has 7 heteroatoms. The van der Waals surface area contributed by atoms with Gasteiger partial charge in [-0.05, 0) is 36.4 Å². The predicted molar refractivity (Wildman–Crippen MR) is 100 cm³/mol. The smallest absolute Gasteiger partial charge is 0.416 e. The number of halogens is 3. The van der Waals surface area contributed by atoms with E-state index in [-0.39, 0.29) is 12.2 Å². The Labute approximate surface area is 165 Å². The van der Waals surface area contributed by atoms with Crippen molar-refractivity contribution in [2.75, 3.05) is 7.11 Å². The van der Waals surface area contributed by atoms with Crippen LogP contribution in [-0.2, 0) is 22.1 Å². The van der Waals surface area contributed by atoms with E-state index in [1.807, 2.05) is 0 Å². The van der Waals surface area contributed by atoms with Crippen LogP contribution in [-0.4, -0.2) is 13.1 Å². The summed E-state index contributed by atoms with van der Waals surface area (Å²) in [6, 6.07) is 18.1. The molecule has 150 valence electrons. The van der Waals surface area contributed by atoms with Crippen LogP contribution in [0.1, 0.15) is 11.1 Å². The van der Waals surface area contributed by atoms with E-state index >= 15 is 0 Å². The molecule has 0 unspecified atom stereocenters. The van der Waals surface area contributed by atoms with Crippen LogP contribution in [0.2, 0.25) is 0 Å². The lowest BCUT2D eigenvalue weighted by Gasteiger charge is -2.13. The lowest BCUT2D eigenvalue weighted by molar-refractivity contribution is -0.140. The van der Waals surface area contributed by atoms with Crippen molar-refractivity contribution in [2.45, 2.75) is 12.6 Å². The average molecular weight is 402 g/mol. The number of benzene rings is 3. The number of carbonyl (C=O) groups excluding carboxylic acids is 1. The van der Waals surface area contributed by atoms with Crippen LogP contribution < -0.4 is 9.47 Å². The fourth-order valence-corrected chi connectivity index (χ4v) is 2.58. The molecule has 0 heterocycles. The van der Waals surface area contributed by atoms with E-state index < -0.39 is 17.7 Å². The topological polar surface area (TPSA) is 44.8 Å². The second kappa shape index (κ2) is 8.68. The largest absolute Gasteiger partial charge is 0.469 e. The van der Waals surface area contributed by atoms with E-state index in [0.717, 1.165) is 12.1 Å². The Morgan fingerprint density at radius 2 is 1.45 bits per heavy atom. The zero-order valence-electron chi connectivity index (χ0n) is 15.4. The first-order valence-electron chi connectivity index (χ1n) is 8.63. The zero-order chi connectivity index (χ0) is 20.9. The van der Waals surface area contributed by atoms with Gasteiger partial charge in [-0.15, -0.1) is 0 Å². The number of ether oxygens (including phenoxy) is 3. The highest BCUT2D eigenvalue weighted by molar-refractivity contribution is 5.73. The van der Waals surface area contributed by atoms with Crippen LogP contribution in [0.15, 0.2) is 72.8 Å². The summed E-state index contributed by atoms with van der Waals surface area (Å²) < 4.78 is 54.7. The Kier molecular flexibility index (Phi) is 6.07. The lowest BCUT2D eigenvalue weighted by Crippen LogP contribution is -2.05. The Balaban J connectivity index is 1.78. The number of alkyl halides is 3. The van der Waals surface area contributed by atoms with Crippen molar-refractivity contribution >= 4 is 5.97 Å². The molecule has 4 nitrogen and oxygen atoms in total. The number of hydrogen-bond acceptors (Lipinski definition) is 4. The Morgan fingerprint density at radius 3 is 2.14 bits per heavy atom. The second-order valence-electron chi connectivity index (χ2n) is 6.07. The Bertz CT molecular complexity index is 999. The maximum absolute atomic E-state index is 12.9. The molecular weight excluding hydrogens is 385 g/mol. The van der Waals surface area contributed by atoms with Crippen LogP contribution in [0.25, 0.3) is 0 Å². The number of methoxy groups -OCH3 is 1. The van der Waals surface area contributed by atoms with Crippen molar-refractivity contribution in [3.63, 3.8) is 0 Å². The number of para-hydroxylation sites is 1. The van der Waals surface area contributed by atoms with Gasteiger partial charge >= 0.3 is 12.1 Å². The van der Waals surface area contributed by atoms with Crippen molar-refractivity contribution in [1.82, 2.24) is 0 Å². The SMILES string of the molecule is COC(=O)Cc1ccccc1Oc1cccc(Oc2cccc(C(F)(F)F)c2)c1. The van der Waals surface area contributed by atoms with Gasteiger partial charge in [-0.2, -0.15) is 13.2 Å². The minimum absolute atomic E-state index is 0.0487. The molecule has 0 amide bonds. The van der Waals surface area contributed by atoms with Crippen LogP contribution >= 0.6 is 0 Å². The van der Waals surface area contributed by atoms with Gasteiger partial charge in [0.1, 0.15) is 23.0 Å². The third-order valence-corrected chi connectivity index (χ3v) is 3.97. The summed E-state index contributed by atoms with van der Waals surface area (Å²) in [4.78, 5) is 11.6. The van der Waals surface area contributed by atoms with Crippen molar-refractivity contribution < 1.29 is 32.2 Å². The van der Waals surface area contributed by atoms with Gasteiger partial charge in [0.05, 0.1) is 19.1 Å². The number of rotatable bonds is 6. The highest BCUT2D eigenvalue weighted by Gasteiger charge is 2.30. The van der Waals surface area contributed by atoms with E-state index in [4.69, 9.17) is 9.47 Å². The van der Waals surface area contributed by atoms with Crippen molar-refractivity contribution in [3.05, 3.63) is 83.9 Å². The standard InChI is InChI=1S/C22H17F3O4/c1-27-21(26)12-15-6-2-3-11-20(15)29-19-10-5-9-18(14-19)28-17-8-4-7-16(13-17)22(23,24)25/h2-11,13-14H,12H2,1H3. The van der Waals surface area contributed by atoms with E-state index in [1.165, 1.54) is 19.2 Å². The summed E-state index contributed by atoms with van der Waals surface area (Å²) in [5.74, 6) is 0.846. The summed E-state index contributed by atoms with van der Waals surface area (Å²) in [5, 5.41) is 0. The van der Waals surface area contributed by atoms with Gasteiger partial charge in [0.2, 0.25) is 0 Å². The quantitative estimate of drug-likeness (QED) is 0.474. The van der Waals surface area contributed by atoms with Crippen LogP contribution in [0.5, 0.6) is 23.0 Å². The summed E-state index contributed by atoms with van der Waals surface area (Å²) in [6.45, 7) is 0. The summed E-state index contributed by atoms with van der Waals surface area (Å²) in [6.07, 6.45) is -4.40. The molecule has 0 aliphatic rings. The summed E-state index contributed by atoms with van der Waals surface area (Å²) in [7, 11) is 1.31. The fraction of sp³-hybridized carbons (Fsp3) is 0.136. The molecule has 0 N–H and O–H groups in total. The maximum Gasteiger partial charge on any atom is 0.416 e. The molecule has 0 atom stereocenters. The third-order valence-electron chi connectivity index (χ3n) is 3.97. The van der Waals surface area contributed by atoms with Crippen molar-refractivity contribution in [1.29, 1.82) is 0 Å². The summed E-state index contributed by atoms with van der Waals surface area (Å²) >= 11 is 0. The number of hydrogen-bond donors (Lipinski definition) is 0. The highest BCUT2D eigenvalue weighted by Crippen LogP contribution is 2.34. The fourth-order valence-electron chi connectivity index (χ4n) is 2.58. The minimum atomic E-state index is -4.45. The van der Waals surface area contributed by atoms with Crippen LogP contribution in [0.4, 0.5) is 13.2 Å². The molecule has 0 fully saturated rings. The zero-order valence-corrected chi connectivity index (χ0v) is 15.4.